The minimum absolute atomic E-state index is 0.0325. The summed E-state index contributed by atoms with van der Waals surface area (Å²) in [5.74, 6) is 1.28. The molecule has 0 saturated carbocycles. The first-order valence-corrected chi connectivity index (χ1v) is 10.8. The van der Waals surface area contributed by atoms with Crippen molar-refractivity contribution in [3.05, 3.63) is 65.4 Å². The van der Waals surface area contributed by atoms with Crippen LogP contribution in [0.2, 0.25) is 0 Å². The number of ether oxygens (including phenoxy) is 2. The van der Waals surface area contributed by atoms with Gasteiger partial charge in [0, 0.05) is 49.7 Å². The summed E-state index contributed by atoms with van der Waals surface area (Å²) in [6.45, 7) is 2.21. The number of aromatic nitrogens is 1. The molecule has 3 aromatic rings. The number of carbonyl (C=O) groups excluding carboxylic acids is 2. The quantitative estimate of drug-likeness (QED) is 0.636. The predicted molar refractivity (Wildman–Crippen MR) is 120 cm³/mol. The van der Waals surface area contributed by atoms with E-state index in [4.69, 9.17) is 14.5 Å². The van der Waals surface area contributed by atoms with E-state index in [0.717, 1.165) is 23.0 Å². The minimum atomic E-state index is -0.0490. The smallest absolute Gasteiger partial charge is 0.254 e. The number of benzene rings is 2. The summed E-state index contributed by atoms with van der Waals surface area (Å²) in [5, 5.41) is 0.845. The number of fused-ring (bicyclic) bond motifs is 2. The Morgan fingerprint density at radius 1 is 1.03 bits per heavy atom. The zero-order valence-electron chi connectivity index (χ0n) is 18.2. The Kier molecular flexibility index (Phi) is 5.17. The van der Waals surface area contributed by atoms with Gasteiger partial charge in [-0.25, -0.2) is 0 Å². The third-order valence-electron chi connectivity index (χ3n) is 6.06. The molecule has 0 unspecified atom stereocenters. The highest BCUT2D eigenvalue weighted by atomic mass is 16.6. The second-order valence-corrected chi connectivity index (χ2v) is 8.41. The summed E-state index contributed by atoms with van der Waals surface area (Å²) in [5.41, 5.74) is 2.88. The number of amides is 2. The molecule has 1 saturated heterocycles. The van der Waals surface area contributed by atoms with Crippen LogP contribution < -0.4 is 9.47 Å². The van der Waals surface area contributed by atoms with Gasteiger partial charge in [0.1, 0.15) is 13.2 Å². The zero-order valence-corrected chi connectivity index (χ0v) is 18.2. The number of rotatable bonds is 3. The molecule has 32 heavy (non-hydrogen) atoms. The van der Waals surface area contributed by atoms with E-state index in [1.165, 1.54) is 0 Å². The maximum atomic E-state index is 13.1. The fourth-order valence-electron chi connectivity index (χ4n) is 4.37. The maximum Gasteiger partial charge on any atom is 0.254 e. The van der Waals surface area contributed by atoms with Gasteiger partial charge in [-0.2, -0.15) is 0 Å². The Labute approximate surface area is 186 Å². The molecule has 0 radical (unpaired) electrons. The molecule has 0 spiro atoms. The lowest BCUT2D eigenvalue weighted by atomic mass is 9.99. The van der Waals surface area contributed by atoms with Gasteiger partial charge in [-0.15, -0.1) is 0 Å². The SMILES string of the molecule is CN(C)C(=O)c1cc([C@@H]2CCN(C(=O)c3ccc4c(c3)OCCO4)C2)nc2ccccc12. The van der Waals surface area contributed by atoms with Crippen LogP contribution in [0.25, 0.3) is 10.9 Å². The standard InChI is InChI=1S/C25H25N3O4/c1-27(2)25(30)19-14-21(26-20-6-4-3-5-18(19)20)17-9-10-28(15-17)24(29)16-7-8-22-23(13-16)32-12-11-31-22/h3-8,13-14,17H,9-12,15H2,1-2H3/t17-/m1/s1. The van der Waals surface area contributed by atoms with Crippen LogP contribution in [-0.4, -0.2) is 67.0 Å². The molecular formula is C25H25N3O4. The first kappa shape index (κ1) is 20.3. The molecule has 7 nitrogen and oxygen atoms in total. The maximum absolute atomic E-state index is 13.1. The first-order valence-electron chi connectivity index (χ1n) is 10.8. The van der Waals surface area contributed by atoms with E-state index in [2.05, 4.69) is 0 Å². The van der Waals surface area contributed by atoms with Crippen LogP contribution in [0.3, 0.4) is 0 Å². The van der Waals surface area contributed by atoms with Crippen molar-refractivity contribution in [3.63, 3.8) is 0 Å². The number of carbonyl (C=O) groups is 2. The molecule has 164 valence electrons. The fourth-order valence-corrected chi connectivity index (χ4v) is 4.37. The average molecular weight is 431 g/mol. The number of likely N-dealkylation sites (tertiary alicyclic amines) is 1. The average Bonchev–Trinajstić information content (AvgIpc) is 3.32. The summed E-state index contributed by atoms with van der Waals surface area (Å²) in [6.07, 6.45) is 0.803. The van der Waals surface area contributed by atoms with E-state index in [9.17, 15) is 9.59 Å². The summed E-state index contributed by atoms with van der Waals surface area (Å²) in [6, 6.07) is 14.9. The summed E-state index contributed by atoms with van der Waals surface area (Å²) >= 11 is 0. The number of hydrogen-bond acceptors (Lipinski definition) is 5. The molecule has 2 aliphatic heterocycles. The molecule has 0 N–H and O–H groups in total. The van der Waals surface area contributed by atoms with E-state index in [0.29, 0.717) is 48.9 Å². The summed E-state index contributed by atoms with van der Waals surface area (Å²) in [4.78, 5) is 34.2. The van der Waals surface area contributed by atoms with Gasteiger partial charge in [-0.1, -0.05) is 18.2 Å². The Bertz CT molecular complexity index is 1210. The molecule has 1 fully saturated rings. The van der Waals surface area contributed by atoms with Crippen molar-refractivity contribution in [1.82, 2.24) is 14.8 Å². The molecule has 0 bridgehead atoms. The van der Waals surface area contributed by atoms with Gasteiger partial charge in [0.25, 0.3) is 11.8 Å². The third kappa shape index (κ3) is 3.64. The van der Waals surface area contributed by atoms with E-state index < -0.39 is 0 Å². The van der Waals surface area contributed by atoms with Crippen LogP contribution in [0.5, 0.6) is 11.5 Å². The van der Waals surface area contributed by atoms with Gasteiger partial charge in [-0.3, -0.25) is 14.6 Å². The third-order valence-corrected chi connectivity index (χ3v) is 6.06. The van der Waals surface area contributed by atoms with E-state index in [1.807, 2.05) is 35.2 Å². The molecule has 3 heterocycles. The van der Waals surface area contributed by atoms with E-state index in [-0.39, 0.29) is 17.7 Å². The molecule has 2 amide bonds. The van der Waals surface area contributed by atoms with Gasteiger partial charge in [0.15, 0.2) is 11.5 Å². The highest BCUT2D eigenvalue weighted by Crippen LogP contribution is 2.33. The fraction of sp³-hybridized carbons (Fsp3) is 0.320. The van der Waals surface area contributed by atoms with Gasteiger partial charge in [0.05, 0.1) is 11.1 Å². The van der Waals surface area contributed by atoms with Gasteiger partial charge in [-0.05, 0) is 36.8 Å². The van der Waals surface area contributed by atoms with Gasteiger partial charge < -0.3 is 19.3 Å². The van der Waals surface area contributed by atoms with Crippen LogP contribution in [0.1, 0.15) is 38.7 Å². The van der Waals surface area contributed by atoms with Crippen molar-refractivity contribution in [2.75, 3.05) is 40.4 Å². The molecule has 1 aromatic heterocycles. The second kappa shape index (κ2) is 8.15. The van der Waals surface area contributed by atoms with Gasteiger partial charge >= 0.3 is 0 Å². The summed E-state index contributed by atoms with van der Waals surface area (Å²) in [7, 11) is 3.50. The Balaban J connectivity index is 1.40. The normalized spacial score (nSPS) is 17.4. The first-order chi connectivity index (χ1) is 15.5. The lowest BCUT2D eigenvalue weighted by Gasteiger charge is -2.21. The molecule has 1 atom stereocenters. The van der Waals surface area contributed by atoms with Crippen molar-refractivity contribution >= 4 is 22.7 Å². The monoisotopic (exact) mass is 431 g/mol. The molecule has 2 aromatic carbocycles. The number of pyridine rings is 1. The van der Waals surface area contributed by atoms with Crippen LogP contribution in [-0.2, 0) is 0 Å². The van der Waals surface area contributed by atoms with Crippen LogP contribution in [0, 0.1) is 0 Å². The molecular weight excluding hydrogens is 406 g/mol. The van der Waals surface area contributed by atoms with Crippen LogP contribution in [0.4, 0.5) is 0 Å². The van der Waals surface area contributed by atoms with E-state index in [1.54, 1.807) is 37.2 Å². The molecule has 2 aliphatic rings. The van der Waals surface area contributed by atoms with Crippen molar-refractivity contribution in [1.29, 1.82) is 0 Å². The van der Waals surface area contributed by atoms with Crippen molar-refractivity contribution in [2.45, 2.75) is 12.3 Å². The van der Waals surface area contributed by atoms with Gasteiger partial charge in [0.2, 0.25) is 0 Å². The predicted octanol–water partition coefficient (Wildman–Crippen LogP) is 3.34. The lowest BCUT2D eigenvalue weighted by molar-refractivity contribution is 0.0787. The lowest BCUT2D eigenvalue weighted by Crippen LogP contribution is -2.29. The molecule has 5 rings (SSSR count). The largest absolute Gasteiger partial charge is 0.486 e. The minimum Gasteiger partial charge on any atom is -0.486 e. The number of hydrogen-bond donors (Lipinski definition) is 0. The van der Waals surface area contributed by atoms with Crippen molar-refractivity contribution in [2.24, 2.45) is 0 Å². The van der Waals surface area contributed by atoms with Crippen molar-refractivity contribution < 1.29 is 19.1 Å². The highest BCUT2D eigenvalue weighted by molar-refractivity contribution is 6.06. The van der Waals surface area contributed by atoms with E-state index >= 15 is 0 Å². The highest BCUT2D eigenvalue weighted by Gasteiger charge is 2.30. The zero-order chi connectivity index (χ0) is 22.2. The Morgan fingerprint density at radius 2 is 1.81 bits per heavy atom. The topological polar surface area (TPSA) is 72.0 Å². The summed E-state index contributed by atoms with van der Waals surface area (Å²) < 4.78 is 11.2. The Hall–Kier alpha value is -3.61. The Morgan fingerprint density at radius 3 is 2.62 bits per heavy atom. The molecule has 7 heteroatoms. The number of para-hydroxylation sites is 1. The van der Waals surface area contributed by atoms with Crippen LogP contribution in [0.15, 0.2) is 48.5 Å². The second-order valence-electron chi connectivity index (χ2n) is 8.41. The van der Waals surface area contributed by atoms with Crippen LogP contribution >= 0.6 is 0 Å². The van der Waals surface area contributed by atoms with Crippen molar-refractivity contribution in [3.8, 4) is 11.5 Å². The number of nitrogens with zero attached hydrogens (tertiary/aromatic N) is 3. The molecule has 0 aliphatic carbocycles.